The van der Waals surface area contributed by atoms with E-state index in [1.807, 2.05) is 6.07 Å². The van der Waals surface area contributed by atoms with E-state index in [9.17, 15) is 13.2 Å². The second-order valence-electron chi connectivity index (χ2n) is 4.63. The van der Waals surface area contributed by atoms with Gasteiger partial charge in [0.05, 0.1) is 17.2 Å². The van der Waals surface area contributed by atoms with Gasteiger partial charge in [-0.25, -0.2) is 18.1 Å². The maximum atomic E-state index is 12.5. The van der Waals surface area contributed by atoms with Crippen molar-refractivity contribution in [3.05, 3.63) is 47.3 Å². The SMILES string of the molecule is C=CCn1c(SCCNS(C)(=O)=O)nc2ccccc2c1=O. The Morgan fingerprint density at radius 2 is 2.14 bits per heavy atom. The fraction of sp³-hybridized carbons (Fsp3) is 0.286. The van der Waals surface area contributed by atoms with Gasteiger partial charge in [-0.05, 0) is 12.1 Å². The maximum absolute atomic E-state index is 12.5. The van der Waals surface area contributed by atoms with Crippen LogP contribution in [0.25, 0.3) is 10.9 Å². The van der Waals surface area contributed by atoms with E-state index in [1.54, 1.807) is 28.8 Å². The molecule has 118 valence electrons. The van der Waals surface area contributed by atoms with Crippen molar-refractivity contribution < 1.29 is 8.42 Å². The fourth-order valence-corrected chi connectivity index (χ4v) is 3.38. The molecule has 0 atom stereocenters. The molecule has 0 spiro atoms. The summed E-state index contributed by atoms with van der Waals surface area (Å²) < 4.78 is 26.0. The summed E-state index contributed by atoms with van der Waals surface area (Å²) in [5.41, 5.74) is 0.510. The van der Waals surface area contributed by atoms with Gasteiger partial charge in [-0.2, -0.15) is 0 Å². The molecule has 0 amide bonds. The average molecular weight is 339 g/mol. The summed E-state index contributed by atoms with van der Waals surface area (Å²) in [6, 6.07) is 7.15. The molecule has 0 aliphatic rings. The molecule has 2 aromatic rings. The van der Waals surface area contributed by atoms with Crippen molar-refractivity contribution in [3.8, 4) is 0 Å². The molecule has 0 saturated carbocycles. The van der Waals surface area contributed by atoms with Crippen molar-refractivity contribution in [2.24, 2.45) is 0 Å². The molecule has 0 radical (unpaired) electrons. The van der Waals surface area contributed by atoms with Gasteiger partial charge in [-0.1, -0.05) is 30.0 Å². The van der Waals surface area contributed by atoms with Gasteiger partial charge in [0.15, 0.2) is 5.16 Å². The Bertz CT molecular complexity index is 844. The Morgan fingerprint density at radius 3 is 2.82 bits per heavy atom. The van der Waals surface area contributed by atoms with Crippen LogP contribution in [-0.4, -0.2) is 36.5 Å². The van der Waals surface area contributed by atoms with Crippen LogP contribution in [0.4, 0.5) is 0 Å². The highest BCUT2D eigenvalue weighted by Gasteiger charge is 2.10. The highest BCUT2D eigenvalue weighted by molar-refractivity contribution is 7.99. The Morgan fingerprint density at radius 1 is 1.41 bits per heavy atom. The molecule has 0 aliphatic heterocycles. The van der Waals surface area contributed by atoms with Crippen LogP contribution in [0.1, 0.15) is 0 Å². The van der Waals surface area contributed by atoms with Crippen LogP contribution in [0.5, 0.6) is 0 Å². The number of fused-ring (bicyclic) bond motifs is 1. The highest BCUT2D eigenvalue weighted by Crippen LogP contribution is 2.17. The van der Waals surface area contributed by atoms with Crippen LogP contribution in [0.3, 0.4) is 0 Å². The molecule has 8 heteroatoms. The molecular weight excluding hydrogens is 322 g/mol. The number of hydrogen-bond acceptors (Lipinski definition) is 5. The van der Waals surface area contributed by atoms with Crippen LogP contribution >= 0.6 is 11.8 Å². The summed E-state index contributed by atoms with van der Waals surface area (Å²) in [6.45, 7) is 4.30. The van der Waals surface area contributed by atoms with E-state index in [0.29, 0.717) is 28.4 Å². The van der Waals surface area contributed by atoms with E-state index in [4.69, 9.17) is 0 Å². The Hall–Kier alpha value is -1.64. The molecule has 1 N–H and O–H groups in total. The van der Waals surface area contributed by atoms with Crippen molar-refractivity contribution in [2.45, 2.75) is 11.7 Å². The molecule has 0 fully saturated rings. The molecule has 0 unspecified atom stereocenters. The number of nitrogens with zero attached hydrogens (tertiary/aromatic N) is 2. The Kier molecular flexibility index (Phi) is 5.38. The second-order valence-corrected chi connectivity index (χ2v) is 7.53. The molecule has 0 saturated heterocycles. The van der Waals surface area contributed by atoms with Gasteiger partial charge in [0.1, 0.15) is 0 Å². The van der Waals surface area contributed by atoms with E-state index in [0.717, 1.165) is 6.26 Å². The van der Waals surface area contributed by atoms with Crippen molar-refractivity contribution >= 4 is 32.7 Å². The lowest BCUT2D eigenvalue weighted by atomic mass is 10.2. The first-order valence-corrected chi connectivity index (χ1v) is 9.48. The molecule has 0 aliphatic carbocycles. The third-order valence-electron chi connectivity index (χ3n) is 2.84. The van der Waals surface area contributed by atoms with Crippen molar-refractivity contribution in [1.29, 1.82) is 0 Å². The number of benzene rings is 1. The summed E-state index contributed by atoms with van der Waals surface area (Å²) in [5, 5.41) is 1.11. The van der Waals surface area contributed by atoms with Crippen LogP contribution in [0.15, 0.2) is 46.9 Å². The smallest absolute Gasteiger partial charge is 0.262 e. The molecular formula is C14H17N3O3S2. The van der Waals surface area contributed by atoms with Crippen molar-refractivity contribution in [3.63, 3.8) is 0 Å². The summed E-state index contributed by atoms with van der Waals surface area (Å²) in [4.78, 5) is 17.0. The molecule has 2 rings (SSSR count). The third-order valence-corrected chi connectivity index (χ3v) is 4.54. The number of para-hydroxylation sites is 1. The number of thioether (sulfide) groups is 1. The van der Waals surface area contributed by atoms with E-state index in [1.165, 1.54) is 11.8 Å². The van der Waals surface area contributed by atoms with Crippen LogP contribution in [0.2, 0.25) is 0 Å². The lowest BCUT2D eigenvalue weighted by Gasteiger charge is -2.11. The topological polar surface area (TPSA) is 81.1 Å². The van der Waals surface area contributed by atoms with Gasteiger partial charge < -0.3 is 0 Å². The van der Waals surface area contributed by atoms with Gasteiger partial charge >= 0.3 is 0 Å². The van der Waals surface area contributed by atoms with E-state index < -0.39 is 10.0 Å². The number of allylic oxidation sites excluding steroid dienone is 1. The lowest BCUT2D eigenvalue weighted by Crippen LogP contribution is -2.26. The lowest BCUT2D eigenvalue weighted by molar-refractivity contribution is 0.590. The summed E-state index contributed by atoms with van der Waals surface area (Å²) in [5.74, 6) is 0.481. The summed E-state index contributed by atoms with van der Waals surface area (Å²) >= 11 is 1.33. The number of aromatic nitrogens is 2. The van der Waals surface area contributed by atoms with Gasteiger partial charge in [-0.15, -0.1) is 6.58 Å². The number of sulfonamides is 1. The zero-order valence-corrected chi connectivity index (χ0v) is 13.8. The minimum atomic E-state index is -3.21. The normalized spacial score (nSPS) is 11.7. The minimum absolute atomic E-state index is 0.121. The first-order valence-electron chi connectivity index (χ1n) is 6.60. The standard InChI is InChI=1S/C14H17N3O3S2/c1-3-9-17-13(18)11-6-4-5-7-12(11)16-14(17)21-10-8-15-22(2,19)20/h3-7,15H,1,8-10H2,2H3. The van der Waals surface area contributed by atoms with Crippen molar-refractivity contribution in [1.82, 2.24) is 14.3 Å². The Balaban J connectivity index is 2.29. The molecule has 1 aromatic heterocycles. The van der Waals surface area contributed by atoms with E-state index in [-0.39, 0.29) is 12.1 Å². The van der Waals surface area contributed by atoms with E-state index >= 15 is 0 Å². The quantitative estimate of drug-likeness (QED) is 0.355. The summed E-state index contributed by atoms with van der Waals surface area (Å²) in [6.07, 6.45) is 2.75. The maximum Gasteiger partial charge on any atom is 0.262 e. The second kappa shape index (κ2) is 7.08. The monoisotopic (exact) mass is 339 g/mol. The fourth-order valence-electron chi connectivity index (χ4n) is 1.92. The molecule has 1 heterocycles. The number of hydrogen-bond donors (Lipinski definition) is 1. The number of rotatable bonds is 7. The Labute approximate surface area is 133 Å². The first-order chi connectivity index (χ1) is 10.4. The highest BCUT2D eigenvalue weighted by atomic mass is 32.2. The van der Waals surface area contributed by atoms with Crippen LogP contribution < -0.4 is 10.3 Å². The predicted molar refractivity (Wildman–Crippen MR) is 89.8 cm³/mol. The van der Waals surface area contributed by atoms with Gasteiger partial charge in [0, 0.05) is 18.8 Å². The molecule has 0 bridgehead atoms. The predicted octanol–water partition coefficient (Wildman–Crippen LogP) is 1.22. The van der Waals surface area contributed by atoms with Crippen LogP contribution in [0, 0.1) is 0 Å². The first kappa shape index (κ1) is 16.7. The van der Waals surface area contributed by atoms with E-state index in [2.05, 4.69) is 16.3 Å². The van der Waals surface area contributed by atoms with Crippen LogP contribution in [-0.2, 0) is 16.6 Å². The molecule has 22 heavy (non-hydrogen) atoms. The average Bonchev–Trinajstić information content (AvgIpc) is 2.46. The summed E-state index contributed by atoms with van der Waals surface area (Å²) in [7, 11) is -3.21. The molecule has 1 aromatic carbocycles. The third kappa shape index (κ3) is 4.19. The van der Waals surface area contributed by atoms with Gasteiger partial charge in [0.2, 0.25) is 10.0 Å². The number of nitrogens with one attached hydrogen (secondary N) is 1. The van der Waals surface area contributed by atoms with Gasteiger partial charge in [-0.3, -0.25) is 9.36 Å². The van der Waals surface area contributed by atoms with Crippen molar-refractivity contribution in [2.75, 3.05) is 18.6 Å². The zero-order chi connectivity index (χ0) is 16.2. The molecule has 6 nitrogen and oxygen atoms in total. The zero-order valence-electron chi connectivity index (χ0n) is 12.2. The van der Waals surface area contributed by atoms with Gasteiger partial charge in [0.25, 0.3) is 5.56 Å². The largest absolute Gasteiger partial charge is 0.283 e. The minimum Gasteiger partial charge on any atom is -0.283 e.